The van der Waals surface area contributed by atoms with Gasteiger partial charge in [0.2, 0.25) is 0 Å². The van der Waals surface area contributed by atoms with E-state index >= 15 is 0 Å². The molecule has 1 aliphatic rings. The lowest BCUT2D eigenvalue weighted by Crippen LogP contribution is -2.56. The zero-order chi connectivity index (χ0) is 11.1. The van der Waals surface area contributed by atoms with E-state index in [2.05, 4.69) is 22.6 Å². The minimum Gasteiger partial charge on any atom is -0.490 e. The van der Waals surface area contributed by atoms with Crippen molar-refractivity contribution in [1.29, 1.82) is 0 Å². The van der Waals surface area contributed by atoms with Crippen molar-refractivity contribution in [1.82, 2.24) is 0 Å². The van der Waals surface area contributed by atoms with E-state index in [4.69, 9.17) is 4.74 Å². The van der Waals surface area contributed by atoms with Crippen LogP contribution >= 0.6 is 22.6 Å². The molecule has 0 bridgehead atoms. The molecule has 0 saturated heterocycles. The summed E-state index contributed by atoms with van der Waals surface area (Å²) in [6.07, 6.45) is 0.634. The molecule has 3 heteroatoms. The van der Waals surface area contributed by atoms with Gasteiger partial charge in [0.05, 0.1) is 6.10 Å². The number of benzene rings is 1. The van der Waals surface area contributed by atoms with Crippen molar-refractivity contribution < 1.29 is 9.84 Å². The van der Waals surface area contributed by atoms with Gasteiger partial charge in [-0.3, -0.25) is 0 Å². The molecule has 1 aromatic rings. The van der Waals surface area contributed by atoms with Crippen LogP contribution in [0, 0.1) is 8.99 Å². The highest BCUT2D eigenvalue weighted by Crippen LogP contribution is 2.42. The molecule has 1 aliphatic carbocycles. The maximum absolute atomic E-state index is 9.60. The molecule has 1 aromatic carbocycles. The number of rotatable bonds is 2. The molecule has 1 fully saturated rings. The first-order chi connectivity index (χ1) is 7.00. The summed E-state index contributed by atoms with van der Waals surface area (Å²) in [5.41, 5.74) is -0.124. The third-order valence-corrected chi connectivity index (χ3v) is 3.87. The van der Waals surface area contributed by atoms with Crippen molar-refractivity contribution in [2.75, 3.05) is 0 Å². The second-order valence-corrected chi connectivity index (χ2v) is 5.88. The van der Waals surface area contributed by atoms with E-state index in [-0.39, 0.29) is 17.6 Å². The van der Waals surface area contributed by atoms with Crippen molar-refractivity contribution >= 4 is 22.6 Å². The lowest BCUT2D eigenvalue weighted by molar-refractivity contribution is -0.134. The fourth-order valence-corrected chi connectivity index (χ4v) is 2.28. The summed E-state index contributed by atoms with van der Waals surface area (Å²) < 4.78 is 7.02. The zero-order valence-electron chi connectivity index (χ0n) is 8.90. The Balaban J connectivity index is 2.05. The average molecular weight is 318 g/mol. The van der Waals surface area contributed by atoms with E-state index in [1.165, 1.54) is 3.57 Å². The van der Waals surface area contributed by atoms with E-state index in [1.807, 2.05) is 38.1 Å². The number of aliphatic hydroxyl groups is 1. The van der Waals surface area contributed by atoms with Crippen molar-refractivity contribution in [3.05, 3.63) is 27.8 Å². The van der Waals surface area contributed by atoms with E-state index in [0.717, 1.165) is 12.2 Å². The van der Waals surface area contributed by atoms with Crippen molar-refractivity contribution in [3.8, 4) is 5.75 Å². The Bertz CT molecular complexity index is 362. The number of hydrogen-bond acceptors (Lipinski definition) is 2. The minimum absolute atomic E-state index is 0.124. The topological polar surface area (TPSA) is 29.5 Å². The Labute approximate surface area is 104 Å². The molecule has 0 aliphatic heterocycles. The molecule has 0 aromatic heterocycles. The summed E-state index contributed by atoms with van der Waals surface area (Å²) >= 11 is 2.27. The Hall–Kier alpha value is -0.290. The normalized spacial score (nSPS) is 28.3. The van der Waals surface area contributed by atoms with Gasteiger partial charge in [-0.25, -0.2) is 0 Å². The van der Waals surface area contributed by atoms with Crippen LogP contribution in [0.1, 0.15) is 20.3 Å². The molecule has 0 amide bonds. The number of halogens is 1. The van der Waals surface area contributed by atoms with Gasteiger partial charge in [0.25, 0.3) is 0 Å². The van der Waals surface area contributed by atoms with Gasteiger partial charge in [0.15, 0.2) is 0 Å². The van der Waals surface area contributed by atoms with Crippen LogP contribution in [0.3, 0.4) is 0 Å². The zero-order valence-corrected chi connectivity index (χ0v) is 11.1. The van der Waals surface area contributed by atoms with Crippen LogP contribution in [0.25, 0.3) is 0 Å². The summed E-state index contributed by atoms with van der Waals surface area (Å²) in [6, 6.07) is 8.00. The predicted molar refractivity (Wildman–Crippen MR) is 68.0 cm³/mol. The van der Waals surface area contributed by atoms with Crippen LogP contribution in [-0.4, -0.2) is 17.3 Å². The van der Waals surface area contributed by atoms with Crippen molar-refractivity contribution in [3.63, 3.8) is 0 Å². The third-order valence-electron chi connectivity index (χ3n) is 3.20. The summed E-state index contributed by atoms with van der Waals surface area (Å²) in [7, 11) is 0. The van der Waals surface area contributed by atoms with E-state index in [9.17, 15) is 5.11 Å². The molecular weight excluding hydrogens is 303 g/mol. The lowest BCUT2D eigenvalue weighted by atomic mass is 9.66. The molecule has 1 N–H and O–H groups in total. The van der Waals surface area contributed by atoms with Crippen LogP contribution < -0.4 is 4.74 Å². The van der Waals surface area contributed by atoms with E-state index in [1.54, 1.807) is 0 Å². The second-order valence-electron chi connectivity index (χ2n) is 4.64. The van der Waals surface area contributed by atoms with Gasteiger partial charge < -0.3 is 9.84 Å². The monoisotopic (exact) mass is 318 g/mol. The van der Waals surface area contributed by atoms with Crippen LogP contribution in [0.5, 0.6) is 5.75 Å². The Morgan fingerprint density at radius 3 is 2.73 bits per heavy atom. The van der Waals surface area contributed by atoms with E-state index < -0.39 is 0 Å². The SMILES string of the molecule is CC1(C)C(O)CC1Oc1cccc(I)c1. The quantitative estimate of drug-likeness (QED) is 0.850. The first-order valence-corrected chi connectivity index (χ1v) is 6.18. The van der Waals surface area contributed by atoms with Crippen molar-refractivity contribution in [2.45, 2.75) is 32.5 Å². The maximum Gasteiger partial charge on any atom is 0.120 e. The summed E-state index contributed by atoms with van der Waals surface area (Å²) in [5, 5.41) is 9.60. The summed E-state index contributed by atoms with van der Waals surface area (Å²) in [4.78, 5) is 0. The molecule has 1 saturated carbocycles. The number of hydrogen-bond donors (Lipinski definition) is 1. The van der Waals surface area contributed by atoms with Gasteiger partial charge in [-0.05, 0) is 40.8 Å². The Morgan fingerprint density at radius 1 is 1.47 bits per heavy atom. The molecule has 0 heterocycles. The average Bonchev–Trinajstić information content (AvgIpc) is 2.17. The maximum atomic E-state index is 9.60. The Morgan fingerprint density at radius 2 is 2.20 bits per heavy atom. The standard InChI is InChI=1S/C12H15IO2/c1-12(2)10(14)7-11(12)15-9-5-3-4-8(13)6-9/h3-6,10-11,14H,7H2,1-2H3. The van der Waals surface area contributed by atoms with Crippen LogP contribution in [0.15, 0.2) is 24.3 Å². The smallest absolute Gasteiger partial charge is 0.120 e. The molecule has 0 radical (unpaired) electrons. The predicted octanol–water partition coefficient (Wildman–Crippen LogP) is 2.83. The molecule has 2 unspecified atom stereocenters. The van der Waals surface area contributed by atoms with Gasteiger partial charge in [0, 0.05) is 15.4 Å². The number of ether oxygens (including phenoxy) is 1. The highest BCUT2D eigenvalue weighted by Gasteiger charge is 2.49. The van der Waals surface area contributed by atoms with Crippen LogP contribution in [0.2, 0.25) is 0 Å². The molecule has 2 nitrogen and oxygen atoms in total. The number of aliphatic hydroxyl groups excluding tert-OH is 1. The van der Waals surface area contributed by atoms with Gasteiger partial charge in [-0.15, -0.1) is 0 Å². The van der Waals surface area contributed by atoms with Gasteiger partial charge in [-0.2, -0.15) is 0 Å². The van der Waals surface area contributed by atoms with E-state index in [0.29, 0.717) is 0 Å². The highest BCUT2D eigenvalue weighted by atomic mass is 127. The first kappa shape index (κ1) is 11.2. The molecular formula is C12H15IO2. The lowest BCUT2D eigenvalue weighted by Gasteiger charge is -2.48. The molecule has 0 spiro atoms. The highest BCUT2D eigenvalue weighted by molar-refractivity contribution is 14.1. The largest absolute Gasteiger partial charge is 0.490 e. The molecule has 2 atom stereocenters. The molecule has 15 heavy (non-hydrogen) atoms. The fourth-order valence-electron chi connectivity index (χ4n) is 1.77. The summed E-state index contributed by atoms with van der Waals surface area (Å²) in [5.74, 6) is 0.895. The summed E-state index contributed by atoms with van der Waals surface area (Å²) in [6.45, 7) is 4.08. The van der Waals surface area contributed by atoms with Crippen LogP contribution in [-0.2, 0) is 0 Å². The van der Waals surface area contributed by atoms with Crippen LogP contribution in [0.4, 0.5) is 0 Å². The van der Waals surface area contributed by atoms with Gasteiger partial charge >= 0.3 is 0 Å². The van der Waals surface area contributed by atoms with Crippen molar-refractivity contribution in [2.24, 2.45) is 5.41 Å². The molecule has 2 rings (SSSR count). The second kappa shape index (κ2) is 3.94. The third kappa shape index (κ3) is 2.13. The van der Waals surface area contributed by atoms with Gasteiger partial charge in [0.1, 0.15) is 11.9 Å². The molecule has 82 valence electrons. The minimum atomic E-state index is -0.231. The fraction of sp³-hybridized carbons (Fsp3) is 0.500. The first-order valence-electron chi connectivity index (χ1n) is 5.10. The van der Waals surface area contributed by atoms with Gasteiger partial charge in [-0.1, -0.05) is 19.9 Å². The Kier molecular flexibility index (Phi) is 2.94.